The van der Waals surface area contributed by atoms with Gasteiger partial charge in [-0.1, -0.05) is 60.1 Å². The van der Waals surface area contributed by atoms with Crippen LogP contribution in [-0.2, 0) is 16.2 Å². The summed E-state index contributed by atoms with van der Waals surface area (Å²) in [4.78, 5) is 38.7. The predicted molar refractivity (Wildman–Crippen MR) is 122 cm³/mol. The predicted octanol–water partition coefficient (Wildman–Crippen LogP) is 4.89. The monoisotopic (exact) mass is 446 g/mol. The van der Waals surface area contributed by atoms with Gasteiger partial charge in [0.1, 0.15) is 17.9 Å². The van der Waals surface area contributed by atoms with E-state index in [4.69, 9.17) is 16.3 Å². The van der Waals surface area contributed by atoms with E-state index in [2.05, 4.69) is 5.32 Å². The molecule has 0 radical (unpaired) electrons. The maximum atomic E-state index is 13.0. The average Bonchev–Trinajstić information content (AvgIpc) is 2.78. The number of benzene rings is 3. The van der Waals surface area contributed by atoms with Gasteiger partial charge in [0, 0.05) is 10.6 Å². The number of para-hydroxylation sites is 1. The summed E-state index contributed by atoms with van der Waals surface area (Å²) < 4.78 is 5.76. The van der Waals surface area contributed by atoms with E-state index in [1.165, 1.54) is 6.08 Å². The molecule has 0 aromatic heterocycles. The molecule has 0 spiro atoms. The van der Waals surface area contributed by atoms with Gasteiger partial charge in [0.2, 0.25) is 0 Å². The SMILES string of the molecule is Cc1ccccc1N1C(=O)NC(=O)/C(=C\c2ccc(OCc3ccccc3Cl)cc2)C1=O. The molecule has 4 amide bonds. The molecule has 1 aliphatic rings. The molecule has 3 aromatic carbocycles. The molecule has 0 unspecified atom stereocenters. The average molecular weight is 447 g/mol. The van der Waals surface area contributed by atoms with Crippen LogP contribution in [0.3, 0.4) is 0 Å². The van der Waals surface area contributed by atoms with Crippen LogP contribution in [0.4, 0.5) is 10.5 Å². The molecule has 1 saturated heterocycles. The lowest BCUT2D eigenvalue weighted by Crippen LogP contribution is -2.54. The maximum absolute atomic E-state index is 13.0. The second kappa shape index (κ2) is 9.08. The Kier molecular flexibility index (Phi) is 6.05. The van der Waals surface area contributed by atoms with E-state index in [1.807, 2.05) is 24.3 Å². The van der Waals surface area contributed by atoms with Crippen LogP contribution in [0.5, 0.6) is 5.75 Å². The first-order chi connectivity index (χ1) is 15.4. The molecule has 1 N–H and O–H groups in total. The van der Waals surface area contributed by atoms with Crippen LogP contribution >= 0.6 is 11.6 Å². The molecule has 160 valence electrons. The zero-order chi connectivity index (χ0) is 22.7. The molecular weight excluding hydrogens is 428 g/mol. The molecule has 6 nitrogen and oxygen atoms in total. The number of ether oxygens (including phenoxy) is 1. The first-order valence-electron chi connectivity index (χ1n) is 9.87. The van der Waals surface area contributed by atoms with E-state index in [1.54, 1.807) is 55.5 Å². The lowest BCUT2D eigenvalue weighted by Gasteiger charge is -2.27. The number of urea groups is 1. The number of hydrogen-bond acceptors (Lipinski definition) is 4. The topological polar surface area (TPSA) is 75.7 Å². The van der Waals surface area contributed by atoms with Crippen LogP contribution in [0.25, 0.3) is 6.08 Å². The first kappa shape index (κ1) is 21.3. The summed E-state index contributed by atoms with van der Waals surface area (Å²) in [6.45, 7) is 2.10. The number of imide groups is 2. The number of nitrogens with one attached hydrogen (secondary N) is 1. The van der Waals surface area contributed by atoms with E-state index in [-0.39, 0.29) is 5.57 Å². The van der Waals surface area contributed by atoms with Crippen molar-refractivity contribution in [3.8, 4) is 5.75 Å². The molecule has 0 saturated carbocycles. The van der Waals surface area contributed by atoms with Crippen molar-refractivity contribution in [2.24, 2.45) is 0 Å². The zero-order valence-corrected chi connectivity index (χ0v) is 17.9. The number of amides is 4. The van der Waals surface area contributed by atoms with Crippen LogP contribution in [0, 0.1) is 6.92 Å². The number of anilines is 1. The number of carbonyl (C=O) groups is 3. The van der Waals surface area contributed by atoms with Crippen LogP contribution in [-0.4, -0.2) is 17.8 Å². The largest absolute Gasteiger partial charge is 0.489 e. The van der Waals surface area contributed by atoms with Crippen LogP contribution in [0.2, 0.25) is 5.02 Å². The Morgan fingerprint density at radius 2 is 1.62 bits per heavy atom. The number of nitrogens with zero attached hydrogens (tertiary/aromatic N) is 1. The summed E-state index contributed by atoms with van der Waals surface area (Å²) in [5.74, 6) is -0.792. The molecule has 7 heteroatoms. The molecule has 3 aromatic rings. The first-order valence-corrected chi connectivity index (χ1v) is 10.2. The van der Waals surface area contributed by atoms with Crippen molar-refractivity contribution in [2.75, 3.05) is 4.90 Å². The quantitative estimate of drug-likeness (QED) is 0.447. The maximum Gasteiger partial charge on any atom is 0.335 e. The van der Waals surface area contributed by atoms with Crippen molar-refractivity contribution in [1.82, 2.24) is 5.32 Å². The lowest BCUT2D eigenvalue weighted by atomic mass is 10.1. The van der Waals surface area contributed by atoms with Crippen molar-refractivity contribution in [1.29, 1.82) is 0 Å². The van der Waals surface area contributed by atoms with Gasteiger partial charge >= 0.3 is 6.03 Å². The number of halogens is 1. The summed E-state index contributed by atoms with van der Waals surface area (Å²) in [6.07, 6.45) is 1.45. The number of rotatable bonds is 5. The third kappa shape index (κ3) is 4.40. The molecule has 1 fully saturated rings. The second-order valence-corrected chi connectivity index (χ2v) is 7.60. The molecule has 32 heavy (non-hydrogen) atoms. The summed E-state index contributed by atoms with van der Waals surface area (Å²) in [7, 11) is 0. The normalized spacial score (nSPS) is 15.1. The number of hydrogen-bond donors (Lipinski definition) is 1. The molecular formula is C25H19ClN2O4. The van der Waals surface area contributed by atoms with Crippen LogP contribution < -0.4 is 15.0 Å². The lowest BCUT2D eigenvalue weighted by molar-refractivity contribution is -0.122. The van der Waals surface area contributed by atoms with Crippen LogP contribution in [0.1, 0.15) is 16.7 Å². The molecule has 4 rings (SSSR count). The molecule has 0 atom stereocenters. The zero-order valence-electron chi connectivity index (χ0n) is 17.2. The van der Waals surface area contributed by atoms with Crippen molar-refractivity contribution >= 4 is 41.2 Å². The highest BCUT2D eigenvalue weighted by atomic mass is 35.5. The van der Waals surface area contributed by atoms with Crippen molar-refractivity contribution in [2.45, 2.75) is 13.5 Å². The van der Waals surface area contributed by atoms with E-state index in [0.29, 0.717) is 28.6 Å². The van der Waals surface area contributed by atoms with Gasteiger partial charge in [0.15, 0.2) is 0 Å². The summed E-state index contributed by atoms with van der Waals surface area (Å²) in [5, 5.41) is 2.86. The third-order valence-electron chi connectivity index (χ3n) is 5.00. The summed E-state index contributed by atoms with van der Waals surface area (Å²) in [5.41, 5.74) is 2.53. The molecule has 0 aliphatic carbocycles. The van der Waals surface area contributed by atoms with Gasteiger partial charge in [-0.3, -0.25) is 14.9 Å². The van der Waals surface area contributed by atoms with Gasteiger partial charge in [-0.2, -0.15) is 0 Å². The molecule has 1 heterocycles. The third-order valence-corrected chi connectivity index (χ3v) is 5.37. The van der Waals surface area contributed by atoms with E-state index < -0.39 is 17.8 Å². The van der Waals surface area contributed by atoms with Crippen LogP contribution in [0.15, 0.2) is 78.4 Å². The van der Waals surface area contributed by atoms with E-state index >= 15 is 0 Å². The fourth-order valence-corrected chi connectivity index (χ4v) is 3.48. The summed E-state index contributed by atoms with van der Waals surface area (Å²) in [6, 6.07) is 20.6. The number of carbonyl (C=O) groups excluding carboxylic acids is 3. The van der Waals surface area contributed by atoms with E-state index in [0.717, 1.165) is 16.0 Å². The Morgan fingerprint density at radius 3 is 2.34 bits per heavy atom. The second-order valence-electron chi connectivity index (χ2n) is 7.19. The van der Waals surface area contributed by atoms with Gasteiger partial charge in [0.05, 0.1) is 5.69 Å². The Hall–Kier alpha value is -3.90. The Bertz CT molecular complexity index is 1230. The van der Waals surface area contributed by atoms with Gasteiger partial charge in [0.25, 0.3) is 11.8 Å². The van der Waals surface area contributed by atoms with E-state index in [9.17, 15) is 14.4 Å². The van der Waals surface area contributed by atoms with Crippen molar-refractivity contribution in [3.05, 3.63) is 100 Å². The smallest absolute Gasteiger partial charge is 0.335 e. The highest BCUT2D eigenvalue weighted by molar-refractivity contribution is 6.39. The molecule has 1 aliphatic heterocycles. The van der Waals surface area contributed by atoms with Gasteiger partial charge in [-0.25, -0.2) is 9.69 Å². The minimum Gasteiger partial charge on any atom is -0.489 e. The number of barbiturate groups is 1. The standard InChI is InChI=1S/C25H19ClN2O4/c1-16-6-2-5-9-22(16)28-24(30)20(23(29)27-25(28)31)14-17-10-12-19(13-11-17)32-15-18-7-3-4-8-21(18)26/h2-14H,15H2,1H3,(H,27,29,31)/b20-14+. The minimum absolute atomic E-state index is 0.127. The fraction of sp³-hybridized carbons (Fsp3) is 0.0800. The Labute approximate surface area is 190 Å². The van der Waals surface area contributed by atoms with Gasteiger partial charge in [-0.05, 0) is 48.4 Å². The summed E-state index contributed by atoms with van der Waals surface area (Å²) >= 11 is 6.14. The highest BCUT2D eigenvalue weighted by Crippen LogP contribution is 2.25. The molecule has 0 bridgehead atoms. The van der Waals surface area contributed by atoms with Gasteiger partial charge in [-0.15, -0.1) is 0 Å². The van der Waals surface area contributed by atoms with Crippen molar-refractivity contribution in [3.63, 3.8) is 0 Å². The Morgan fingerprint density at radius 1 is 0.938 bits per heavy atom. The minimum atomic E-state index is -0.769. The van der Waals surface area contributed by atoms with Gasteiger partial charge < -0.3 is 4.74 Å². The highest BCUT2D eigenvalue weighted by Gasteiger charge is 2.37. The fourth-order valence-electron chi connectivity index (χ4n) is 3.29. The van der Waals surface area contributed by atoms with Crippen molar-refractivity contribution < 1.29 is 19.1 Å². The number of aryl methyl sites for hydroxylation is 1. The Balaban J connectivity index is 1.54.